The molecule has 5 nitrogen and oxygen atoms in total. The average molecular weight is 366 g/mol. The number of hydrogen-bond acceptors (Lipinski definition) is 5. The van der Waals surface area contributed by atoms with Crippen molar-refractivity contribution >= 4 is 11.5 Å². The second kappa shape index (κ2) is 6.87. The molecule has 2 aromatic carbocycles. The van der Waals surface area contributed by atoms with E-state index in [1.54, 1.807) is 30.3 Å². The summed E-state index contributed by atoms with van der Waals surface area (Å²) >= 11 is 0. The number of nitrogens with two attached hydrogens (primary N) is 1. The topological polar surface area (TPSA) is 78.3 Å². The molecule has 1 fully saturated rings. The Morgan fingerprint density at radius 2 is 2.00 bits per heavy atom. The summed E-state index contributed by atoms with van der Waals surface area (Å²) in [4.78, 5) is 16.4. The normalized spacial score (nSPS) is 14.7. The number of rotatable bonds is 6. The lowest BCUT2D eigenvalue weighted by Gasteiger charge is -2.12. The van der Waals surface area contributed by atoms with Gasteiger partial charge in [-0.3, -0.25) is 4.79 Å². The van der Waals surface area contributed by atoms with Crippen LogP contribution in [0.25, 0.3) is 11.5 Å². The summed E-state index contributed by atoms with van der Waals surface area (Å²) in [6.07, 6.45) is 3.09. The van der Waals surface area contributed by atoms with Crippen LogP contribution in [0.4, 0.5) is 10.1 Å². The number of Topliss-reactive ketones (excluding diaryl/α,β-unsaturated/α-hetero) is 1. The maximum Gasteiger partial charge on any atom is 0.226 e. The zero-order chi connectivity index (χ0) is 19.0. The molecule has 0 spiro atoms. The largest absolute Gasteiger partial charge is 0.484 e. The summed E-state index contributed by atoms with van der Waals surface area (Å²) in [5, 5.41) is 0. The molecule has 3 aromatic rings. The van der Waals surface area contributed by atoms with Gasteiger partial charge < -0.3 is 14.9 Å². The van der Waals surface area contributed by atoms with Crippen molar-refractivity contribution in [1.82, 2.24) is 4.98 Å². The zero-order valence-corrected chi connectivity index (χ0v) is 14.8. The summed E-state index contributed by atoms with van der Waals surface area (Å²) in [6.45, 7) is 1.84. The van der Waals surface area contributed by atoms with Crippen LogP contribution in [-0.2, 0) is 0 Å². The molecule has 0 aliphatic heterocycles. The number of anilines is 1. The maximum atomic E-state index is 13.6. The standard InChI is InChI=1S/C21H19FN2O3/c1-12(27-16-7-4-14(5-8-16)20(25)13-2-3-13)19-11-26-21(24-19)15-6-9-18(23)17(22)10-15/h4-13H,2-3,23H2,1H3. The van der Waals surface area contributed by atoms with Crippen LogP contribution in [0.1, 0.15) is 41.9 Å². The second-order valence-corrected chi connectivity index (χ2v) is 6.74. The van der Waals surface area contributed by atoms with Gasteiger partial charge in [-0.25, -0.2) is 9.37 Å². The fraction of sp³-hybridized carbons (Fsp3) is 0.238. The van der Waals surface area contributed by atoms with Crippen LogP contribution in [-0.4, -0.2) is 10.8 Å². The molecule has 2 N–H and O–H groups in total. The minimum Gasteiger partial charge on any atom is -0.484 e. The van der Waals surface area contributed by atoms with Crippen molar-refractivity contribution in [2.45, 2.75) is 25.9 Å². The van der Waals surface area contributed by atoms with Crippen LogP contribution < -0.4 is 10.5 Å². The number of benzene rings is 2. The molecule has 1 aromatic heterocycles. The van der Waals surface area contributed by atoms with E-state index in [9.17, 15) is 9.18 Å². The van der Waals surface area contributed by atoms with Gasteiger partial charge in [0.25, 0.3) is 0 Å². The first kappa shape index (κ1) is 17.3. The average Bonchev–Trinajstić information content (AvgIpc) is 3.40. The number of carbonyl (C=O) groups excluding carboxylic acids is 1. The first-order chi connectivity index (χ1) is 13.0. The molecule has 1 aliphatic rings. The lowest BCUT2D eigenvalue weighted by atomic mass is 10.1. The Kier molecular flexibility index (Phi) is 4.39. The summed E-state index contributed by atoms with van der Waals surface area (Å²) in [6, 6.07) is 11.5. The number of ether oxygens (including phenoxy) is 1. The van der Waals surface area contributed by atoms with Crippen molar-refractivity contribution in [2.75, 3.05) is 5.73 Å². The number of nitrogens with zero attached hydrogens (tertiary/aromatic N) is 1. The summed E-state index contributed by atoms with van der Waals surface area (Å²) in [5.41, 5.74) is 7.36. The van der Waals surface area contributed by atoms with E-state index in [0.717, 1.165) is 12.8 Å². The van der Waals surface area contributed by atoms with Gasteiger partial charge in [0.15, 0.2) is 5.78 Å². The monoisotopic (exact) mass is 366 g/mol. The van der Waals surface area contributed by atoms with Gasteiger partial charge in [-0.1, -0.05) is 0 Å². The number of ketones is 1. The van der Waals surface area contributed by atoms with E-state index in [2.05, 4.69) is 4.98 Å². The van der Waals surface area contributed by atoms with E-state index >= 15 is 0 Å². The Morgan fingerprint density at radius 1 is 1.26 bits per heavy atom. The van der Waals surface area contributed by atoms with Crippen LogP contribution in [0, 0.1) is 11.7 Å². The number of carbonyl (C=O) groups is 1. The number of hydrogen-bond donors (Lipinski definition) is 1. The third-order valence-electron chi connectivity index (χ3n) is 4.59. The predicted octanol–water partition coefficient (Wildman–Crippen LogP) is 4.80. The van der Waals surface area contributed by atoms with E-state index < -0.39 is 5.82 Å². The molecule has 138 valence electrons. The molecule has 0 amide bonds. The SMILES string of the molecule is CC(Oc1ccc(C(=O)C2CC2)cc1)c1coc(-c2ccc(N)c(F)c2)n1. The van der Waals surface area contributed by atoms with Gasteiger partial charge in [0.2, 0.25) is 5.89 Å². The minimum atomic E-state index is -0.516. The van der Waals surface area contributed by atoms with E-state index in [-0.39, 0.29) is 23.5 Å². The molecule has 0 bridgehead atoms. The lowest BCUT2D eigenvalue weighted by molar-refractivity contribution is 0.0967. The van der Waals surface area contributed by atoms with Gasteiger partial charge in [-0.15, -0.1) is 0 Å². The van der Waals surface area contributed by atoms with Crippen molar-refractivity contribution in [2.24, 2.45) is 5.92 Å². The highest BCUT2D eigenvalue weighted by molar-refractivity contribution is 5.99. The Morgan fingerprint density at radius 3 is 2.67 bits per heavy atom. The van der Waals surface area contributed by atoms with Crippen LogP contribution in [0.15, 0.2) is 53.1 Å². The van der Waals surface area contributed by atoms with E-state index in [1.807, 2.05) is 6.92 Å². The number of aromatic nitrogens is 1. The molecule has 1 atom stereocenters. The zero-order valence-electron chi connectivity index (χ0n) is 14.8. The highest BCUT2D eigenvalue weighted by Crippen LogP contribution is 2.33. The molecule has 6 heteroatoms. The van der Waals surface area contributed by atoms with Gasteiger partial charge in [0.05, 0.1) is 5.69 Å². The Labute approximate surface area is 156 Å². The highest BCUT2D eigenvalue weighted by Gasteiger charge is 2.30. The molecule has 1 aliphatic carbocycles. The smallest absolute Gasteiger partial charge is 0.226 e. The fourth-order valence-electron chi connectivity index (χ4n) is 2.81. The Balaban J connectivity index is 1.45. The van der Waals surface area contributed by atoms with Crippen molar-refractivity contribution in [3.8, 4) is 17.2 Å². The van der Waals surface area contributed by atoms with Gasteiger partial charge in [0, 0.05) is 17.0 Å². The van der Waals surface area contributed by atoms with Gasteiger partial charge in [-0.05, 0) is 62.2 Å². The van der Waals surface area contributed by atoms with E-state index in [1.165, 1.54) is 18.4 Å². The maximum absolute atomic E-state index is 13.6. The minimum absolute atomic E-state index is 0.0749. The van der Waals surface area contributed by atoms with Crippen molar-refractivity contribution in [3.63, 3.8) is 0 Å². The molecule has 27 heavy (non-hydrogen) atoms. The van der Waals surface area contributed by atoms with Crippen LogP contribution in [0.3, 0.4) is 0 Å². The molecule has 0 radical (unpaired) electrons. The highest BCUT2D eigenvalue weighted by atomic mass is 19.1. The van der Waals surface area contributed by atoms with Crippen LogP contribution in [0.5, 0.6) is 5.75 Å². The molecule has 1 heterocycles. The van der Waals surface area contributed by atoms with Crippen LogP contribution >= 0.6 is 0 Å². The summed E-state index contributed by atoms with van der Waals surface area (Å²) in [7, 11) is 0. The summed E-state index contributed by atoms with van der Waals surface area (Å²) in [5.74, 6) is 0.814. The van der Waals surface area contributed by atoms with Gasteiger partial charge in [0.1, 0.15) is 29.6 Å². The van der Waals surface area contributed by atoms with E-state index in [0.29, 0.717) is 28.5 Å². The summed E-state index contributed by atoms with van der Waals surface area (Å²) < 4.78 is 24.9. The fourth-order valence-corrected chi connectivity index (χ4v) is 2.81. The number of nitrogen functional groups attached to an aromatic ring is 1. The molecule has 1 saturated carbocycles. The predicted molar refractivity (Wildman–Crippen MR) is 98.8 cm³/mol. The van der Waals surface area contributed by atoms with Gasteiger partial charge in [-0.2, -0.15) is 0 Å². The lowest BCUT2D eigenvalue weighted by Crippen LogP contribution is -2.05. The van der Waals surface area contributed by atoms with Gasteiger partial charge >= 0.3 is 0 Å². The Bertz CT molecular complexity index is 977. The molecular weight excluding hydrogens is 347 g/mol. The Hall–Kier alpha value is -3.15. The quantitative estimate of drug-likeness (QED) is 0.501. The number of halogens is 1. The molecular formula is C21H19FN2O3. The van der Waals surface area contributed by atoms with Crippen molar-refractivity contribution in [3.05, 3.63) is 65.8 Å². The molecule has 0 saturated heterocycles. The first-order valence-electron chi connectivity index (χ1n) is 8.83. The number of oxazole rings is 1. The van der Waals surface area contributed by atoms with E-state index in [4.69, 9.17) is 14.9 Å². The first-order valence-corrected chi connectivity index (χ1v) is 8.83. The second-order valence-electron chi connectivity index (χ2n) is 6.74. The van der Waals surface area contributed by atoms with Crippen molar-refractivity contribution in [1.29, 1.82) is 0 Å². The van der Waals surface area contributed by atoms with Crippen molar-refractivity contribution < 1.29 is 18.3 Å². The third-order valence-corrected chi connectivity index (χ3v) is 4.59. The molecule has 1 unspecified atom stereocenters. The van der Waals surface area contributed by atoms with Crippen LogP contribution in [0.2, 0.25) is 0 Å². The molecule has 4 rings (SSSR count). The third kappa shape index (κ3) is 3.69.